The zero-order valence-electron chi connectivity index (χ0n) is 6.77. The van der Waals surface area contributed by atoms with E-state index < -0.39 is 12.0 Å². The Balaban J connectivity index is 2.82. The van der Waals surface area contributed by atoms with Gasteiger partial charge in [0, 0.05) is 18.4 Å². The van der Waals surface area contributed by atoms with Crippen LogP contribution >= 0.6 is 11.6 Å². The number of aliphatic carboxylic acids is 1. The summed E-state index contributed by atoms with van der Waals surface area (Å²) in [6.07, 6.45) is 2.84. The third-order valence-electron chi connectivity index (χ3n) is 1.60. The molecule has 4 nitrogen and oxygen atoms in total. The molecule has 1 aromatic rings. The Labute approximate surface area is 80.3 Å². The summed E-state index contributed by atoms with van der Waals surface area (Å²) in [4.78, 5) is 14.1. The summed E-state index contributed by atoms with van der Waals surface area (Å²) in [5.74, 6) is -0.944. The van der Waals surface area contributed by atoms with Crippen molar-refractivity contribution in [2.75, 3.05) is 0 Å². The van der Waals surface area contributed by atoms with E-state index in [9.17, 15) is 4.79 Å². The molecule has 1 unspecified atom stereocenters. The molecule has 0 fully saturated rings. The van der Waals surface area contributed by atoms with Crippen LogP contribution in [0.3, 0.4) is 0 Å². The molecule has 5 heteroatoms. The lowest BCUT2D eigenvalue weighted by Gasteiger charge is -2.09. The molecule has 3 N–H and O–H groups in total. The molecular weight excluding hydrogens is 192 g/mol. The summed E-state index contributed by atoms with van der Waals surface area (Å²) in [6.45, 7) is 0. The Morgan fingerprint density at radius 1 is 1.77 bits per heavy atom. The number of pyridine rings is 1. The number of carbonyl (C=O) groups is 1. The van der Waals surface area contributed by atoms with E-state index >= 15 is 0 Å². The first-order chi connectivity index (χ1) is 6.11. The number of nitrogens with two attached hydrogens (primary N) is 1. The fourth-order valence-corrected chi connectivity index (χ4v) is 1.24. The molecule has 0 bridgehead atoms. The Bertz CT molecular complexity index is 317. The number of hydrogen-bond acceptors (Lipinski definition) is 3. The van der Waals surface area contributed by atoms with Crippen molar-refractivity contribution in [2.45, 2.75) is 12.5 Å². The largest absolute Gasteiger partial charge is 0.481 e. The highest BCUT2D eigenvalue weighted by Gasteiger charge is 2.13. The summed E-state index contributed by atoms with van der Waals surface area (Å²) in [5, 5.41) is 8.90. The molecule has 1 heterocycles. The molecule has 13 heavy (non-hydrogen) atoms. The predicted octanol–water partition coefficient (Wildman–Crippen LogP) is 1.21. The number of hydrogen-bond donors (Lipinski definition) is 2. The van der Waals surface area contributed by atoms with Crippen LogP contribution < -0.4 is 5.73 Å². The summed E-state index contributed by atoms with van der Waals surface area (Å²) in [7, 11) is 0. The second kappa shape index (κ2) is 4.20. The number of nitrogens with zero attached hydrogens (tertiary/aromatic N) is 1. The van der Waals surface area contributed by atoms with Gasteiger partial charge in [-0.25, -0.2) is 0 Å². The second-order valence-electron chi connectivity index (χ2n) is 2.60. The van der Waals surface area contributed by atoms with Gasteiger partial charge in [-0.2, -0.15) is 0 Å². The van der Waals surface area contributed by atoms with Gasteiger partial charge in [0.2, 0.25) is 0 Å². The van der Waals surface area contributed by atoms with Crippen molar-refractivity contribution >= 4 is 17.6 Å². The van der Waals surface area contributed by atoms with Gasteiger partial charge in [-0.15, -0.1) is 0 Å². The highest BCUT2D eigenvalue weighted by molar-refractivity contribution is 6.31. The van der Waals surface area contributed by atoms with Crippen LogP contribution in [-0.4, -0.2) is 16.1 Å². The first kappa shape index (κ1) is 9.95. The Hall–Kier alpha value is -1.13. The summed E-state index contributed by atoms with van der Waals surface area (Å²) in [5.41, 5.74) is 6.21. The monoisotopic (exact) mass is 200 g/mol. The molecule has 0 aliphatic heterocycles. The summed E-state index contributed by atoms with van der Waals surface area (Å²) < 4.78 is 0. The van der Waals surface area contributed by atoms with Gasteiger partial charge in [0.1, 0.15) is 0 Å². The Morgan fingerprint density at radius 2 is 2.46 bits per heavy atom. The van der Waals surface area contributed by atoms with Crippen LogP contribution in [0.1, 0.15) is 18.0 Å². The smallest absolute Gasteiger partial charge is 0.305 e. The van der Waals surface area contributed by atoms with E-state index in [0.29, 0.717) is 10.6 Å². The number of carboxylic acid groups (broad SMARTS) is 1. The second-order valence-corrected chi connectivity index (χ2v) is 3.01. The van der Waals surface area contributed by atoms with Gasteiger partial charge in [-0.3, -0.25) is 9.78 Å². The zero-order chi connectivity index (χ0) is 9.84. The van der Waals surface area contributed by atoms with E-state index in [1.165, 1.54) is 12.4 Å². The van der Waals surface area contributed by atoms with E-state index in [1.54, 1.807) is 6.07 Å². The summed E-state index contributed by atoms with van der Waals surface area (Å²) in [6, 6.07) is 1.05. The quantitative estimate of drug-likeness (QED) is 0.769. The lowest BCUT2D eigenvalue weighted by Crippen LogP contribution is -2.15. The van der Waals surface area contributed by atoms with Gasteiger partial charge < -0.3 is 10.8 Å². The maximum atomic E-state index is 10.4. The number of aromatic nitrogens is 1. The van der Waals surface area contributed by atoms with Crippen molar-refractivity contribution < 1.29 is 9.90 Å². The van der Waals surface area contributed by atoms with Gasteiger partial charge in [0.15, 0.2) is 0 Å². The molecule has 0 saturated carbocycles. The third kappa shape index (κ3) is 2.68. The number of carboxylic acids is 1. The molecule has 0 aliphatic rings. The van der Waals surface area contributed by atoms with Crippen molar-refractivity contribution in [1.82, 2.24) is 4.98 Å². The SMILES string of the molecule is NC(CC(=O)O)c1ccncc1Cl. The Morgan fingerprint density at radius 3 is 3.00 bits per heavy atom. The lowest BCUT2D eigenvalue weighted by atomic mass is 10.1. The molecule has 0 aromatic carbocycles. The van der Waals surface area contributed by atoms with Crippen LogP contribution in [0.2, 0.25) is 5.02 Å². The van der Waals surface area contributed by atoms with Gasteiger partial charge in [-0.05, 0) is 11.6 Å². The topological polar surface area (TPSA) is 76.2 Å². The predicted molar refractivity (Wildman–Crippen MR) is 48.4 cm³/mol. The standard InChI is InChI=1S/C8H9ClN2O2/c9-6-4-11-2-1-5(6)7(10)3-8(12)13/h1-2,4,7H,3,10H2,(H,12,13). The molecule has 1 rings (SSSR count). The molecule has 1 atom stereocenters. The van der Waals surface area contributed by atoms with Crippen LogP contribution in [0, 0.1) is 0 Å². The zero-order valence-corrected chi connectivity index (χ0v) is 7.53. The van der Waals surface area contributed by atoms with Crippen LogP contribution in [0.5, 0.6) is 0 Å². The molecule has 0 radical (unpaired) electrons. The minimum atomic E-state index is -0.944. The highest BCUT2D eigenvalue weighted by Crippen LogP contribution is 2.21. The maximum absolute atomic E-state index is 10.4. The molecule has 0 amide bonds. The normalized spacial score (nSPS) is 12.5. The Kier molecular flexibility index (Phi) is 3.22. The molecule has 0 saturated heterocycles. The molecule has 0 aliphatic carbocycles. The van der Waals surface area contributed by atoms with Crippen LogP contribution in [-0.2, 0) is 4.79 Å². The molecular formula is C8H9ClN2O2. The fourth-order valence-electron chi connectivity index (χ4n) is 0.985. The van der Waals surface area contributed by atoms with Gasteiger partial charge in [0.05, 0.1) is 11.4 Å². The molecule has 70 valence electrons. The van der Waals surface area contributed by atoms with Crippen molar-refractivity contribution in [2.24, 2.45) is 5.73 Å². The van der Waals surface area contributed by atoms with E-state index in [-0.39, 0.29) is 6.42 Å². The first-order valence-corrected chi connectivity index (χ1v) is 4.06. The molecule has 1 aromatic heterocycles. The third-order valence-corrected chi connectivity index (χ3v) is 1.91. The van der Waals surface area contributed by atoms with E-state index in [1.807, 2.05) is 0 Å². The van der Waals surface area contributed by atoms with E-state index in [0.717, 1.165) is 0 Å². The minimum Gasteiger partial charge on any atom is -0.481 e. The lowest BCUT2D eigenvalue weighted by molar-refractivity contribution is -0.137. The maximum Gasteiger partial charge on any atom is 0.305 e. The highest BCUT2D eigenvalue weighted by atomic mass is 35.5. The van der Waals surface area contributed by atoms with Crippen LogP contribution in [0.4, 0.5) is 0 Å². The van der Waals surface area contributed by atoms with Crippen LogP contribution in [0.15, 0.2) is 18.5 Å². The van der Waals surface area contributed by atoms with Crippen LogP contribution in [0.25, 0.3) is 0 Å². The fraction of sp³-hybridized carbons (Fsp3) is 0.250. The van der Waals surface area contributed by atoms with Gasteiger partial charge >= 0.3 is 5.97 Å². The van der Waals surface area contributed by atoms with Gasteiger partial charge in [-0.1, -0.05) is 11.6 Å². The molecule has 0 spiro atoms. The van der Waals surface area contributed by atoms with Gasteiger partial charge in [0.25, 0.3) is 0 Å². The summed E-state index contributed by atoms with van der Waals surface area (Å²) >= 11 is 5.77. The van der Waals surface area contributed by atoms with Crippen molar-refractivity contribution in [3.63, 3.8) is 0 Å². The van der Waals surface area contributed by atoms with Crippen molar-refractivity contribution in [3.8, 4) is 0 Å². The number of halogens is 1. The average Bonchev–Trinajstić information content (AvgIpc) is 2.03. The average molecular weight is 201 g/mol. The van der Waals surface area contributed by atoms with E-state index in [4.69, 9.17) is 22.4 Å². The van der Waals surface area contributed by atoms with Crippen molar-refractivity contribution in [3.05, 3.63) is 29.0 Å². The van der Waals surface area contributed by atoms with E-state index in [2.05, 4.69) is 4.98 Å². The first-order valence-electron chi connectivity index (χ1n) is 3.68. The number of rotatable bonds is 3. The van der Waals surface area contributed by atoms with Crippen molar-refractivity contribution in [1.29, 1.82) is 0 Å². The minimum absolute atomic E-state index is 0.135.